The van der Waals surface area contributed by atoms with Crippen molar-refractivity contribution in [2.24, 2.45) is 0 Å². The van der Waals surface area contributed by atoms with E-state index in [-0.39, 0.29) is 5.91 Å². The van der Waals surface area contributed by atoms with Gasteiger partial charge in [0.25, 0.3) is 0 Å². The van der Waals surface area contributed by atoms with E-state index in [0.717, 1.165) is 11.4 Å². The number of amides is 1. The van der Waals surface area contributed by atoms with Crippen LogP contribution in [-0.4, -0.2) is 16.9 Å². The molecular weight excluding hydrogens is 206 g/mol. The van der Waals surface area contributed by atoms with Crippen LogP contribution in [0.1, 0.15) is 20.3 Å². The van der Waals surface area contributed by atoms with Crippen molar-refractivity contribution < 1.29 is 4.79 Å². The molecule has 0 heterocycles. The van der Waals surface area contributed by atoms with Crippen LogP contribution in [0.2, 0.25) is 0 Å². The summed E-state index contributed by atoms with van der Waals surface area (Å²) in [6, 6.07) is 9.56. The molecular formula is C12H17NOS. The first-order chi connectivity index (χ1) is 7.18. The fourth-order valence-electron chi connectivity index (χ4n) is 1.13. The average Bonchev–Trinajstić information content (AvgIpc) is 2.18. The van der Waals surface area contributed by atoms with E-state index in [2.05, 4.69) is 19.2 Å². The van der Waals surface area contributed by atoms with Crippen molar-refractivity contribution in [1.29, 1.82) is 0 Å². The second-order valence-electron chi connectivity index (χ2n) is 3.58. The molecule has 1 N–H and O–H groups in total. The smallest absolute Gasteiger partial charge is 0.225 e. The Balaban J connectivity index is 2.25. The molecule has 1 rings (SSSR count). The molecule has 1 amide bonds. The molecule has 0 aliphatic rings. The van der Waals surface area contributed by atoms with E-state index in [1.54, 1.807) is 0 Å². The second kappa shape index (κ2) is 6.51. The second-order valence-corrected chi connectivity index (χ2v) is 5.27. The molecule has 0 atom stereocenters. The Labute approximate surface area is 95.5 Å². The zero-order valence-corrected chi connectivity index (χ0v) is 10.0. The molecule has 3 heteroatoms. The Morgan fingerprint density at radius 1 is 1.33 bits per heavy atom. The van der Waals surface area contributed by atoms with Crippen molar-refractivity contribution in [2.75, 3.05) is 11.1 Å². The number of para-hydroxylation sites is 1. The van der Waals surface area contributed by atoms with E-state index in [1.165, 1.54) is 0 Å². The number of rotatable bonds is 5. The van der Waals surface area contributed by atoms with Gasteiger partial charge in [-0.1, -0.05) is 32.0 Å². The minimum Gasteiger partial charge on any atom is -0.326 e. The fourth-order valence-corrected chi connectivity index (χ4v) is 1.91. The number of hydrogen-bond acceptors (Lipinski definition) is 2. The van der Waals surface area contributed by atoms with Gasteiger partial charge in [0.15, 0.2) is 0 Å². The largest absolute Gasteiger partial charge is 0.326 e. The molecule has 2 nitrogen and oxygen atoms in total. The van der Waals surface area contributed by atoms with E-state index in [4.69, 9.17) is 0 Å². The molecule has 0 aliphatic heterocycles. The third kappa shape index (κ3) is 5.47. The lowest BCUT2D eigenvalue weighted by Gasteiger charge is -2.06. The van der Waals surface area contributed by atoms with Gasteiger partial charge in [0.1, 0.15) is 0 Å². The van der Waals surface area contributed by atoms with Crippen LogP contribution in [0.5, 0.6) is 0 Å². The minimum absolute atomic E-state index is 0.0920. The van der Waals surface area contributed by atoms with Crippen molar-refractivity contribution in [2.45, 2.75) is 25.5 Å². The normalized spacial score (nSPS) is 10.3. The van der Waals surface area contributed by atoms with Crippen LogP contribution in [-0.2, 0) is 4.79 Å². The van der Waals surface area contributed by atoms with Crippen LogP contribution in [0, 0.1) is 0 Å². The van der Waals surface area contributed by atoms with Crippen molar-refractivity contribution >= 4 is 23.4 Å². The van der Waals surface area contributed by atoms with Crippen LogP contribution in [0.3, 0.4) is 0 Å². The first-order valence-electron chi connectivity index (χ1n) is 5.15. The van der Waals surface area contributed by atoms with Gasteiger partial charge >= 0.3 is 0 Å². The van der Waals surface area contributed by atoms with Gasteiger partial charge in [-0.15, -0.1) is 0 Å². The van der Waals surface area contributed by atoms with Gasteiger partial charge in [-0.3, -0.25) is 4.79 Å². The highest BCUT2D eigenvalue weighted by Crippen LogP contribution is 2.11. The Bertz CT molecular complexity index is 298. The van der Waals surface area contributed by atoms with Crippen LogP contribution in [0.25, 0.3) is 0 Å². The number of benzene rings is 1. The molecule has 0 spiro atoms. The van der Waals surface area contributed by atoms with Gasteiger partial charge in [0.05, 0.1) is 0 Å². The standard InChI is InChI=1S/C12H17NOS/c1-10(2)15-9-8-12(14)13-11-6-4-3-5-7-11/h3-7,10H,8-9H2,1-2H3,(H,13,14). The molecule has 0 unspecified atom stereocenters. The molecule has 1 aromatic rings. The SMILES string of the molecule is CC(C)SCCC(=O)Nc1ccccc1. The quantitative estimate of drug-likeness (QED) is 0.830. The summed E-state index contributed by atoms with van der Waals surface area (Å²) < 4.78 is 0. The van der Waals surface area contributed by atoms with Crippen molar-refractivity contribution in [3.8, 4) is 0 Å². The number of thioether (sulfide) groups is 1. The molecule has 0 fully saturated rings. The lowest BCUT2D eigenvalue weighted by Crippen LogP contribution is -2.12. The molecule has 15 heavy (non-hydrogen) atoms. The van der Waals surface area contributed by atoms with E-state index < -0.39 is 0 Å². The highest BCUT2D eigenvalue weighted by molar-refractivity contribution is 7.99. The maximum absolute atomic E-state index is 11.5. The van der Waals surface area contributed by atoms with Crippen molar-refractivity contribution in [3.05, 3.63) is 30.3 Å². The predicted octanol–water partition coefficient (Wildman–Crippen LogP) is 3.16. The molecule has 0 radical (unpaired) electrons. The van der Waals surface area contributed by atoms with Gasteiger partial charge in [0, 0.05) is 17.9 Å². The molecule has 0 bridgehead atoms. The number of hydrogen-bond donors (Lipinski definition) is 1. The molecule has 1 aromatic carbocycles. The molecule has 82 valence electrons. The zero-order chi connectivity index (χ0) is 11.1. The lowest BCUT2D eigenvalue weighted by molar-refractivity contribution is -0.115. The maximum atomic E-state index is 11.5. The lowest BCUT2D eigenvalue weighted by atomic mass is 10.3. The Hall–Kier alpha value is -0.960. The Kier molecular flexibility index (Phi) is 5.26. The molecule has 0 aliphatic carbocycles. The highest BCUT2D eigenvalue weighted by atomic mass is 32.2. The average molecular weight is 223 g/mol. The number of carbonyl (C=O) groups excluding carboxylic acids is 1. The summed E-state index contributed by atoms with van der Waals surface area (Å²) in [5.41, 5.74) is 0.872. The highest BCUT2D eigenvalue weighted by Gasteiger charge is 2.02. The van der Waals surface area contributed by atoms with Gasteiger partial charge < -0.3 is 5.32 Å². The fraction of sp³-hybridized carbons (Fsp3) is 0.417. The third-order valence-corrected chi connectivity index (χ3v) is 2.94. The van der Waals surface area contributed by atoms with E-state index in [0.29, 0.717) is 11.7 Å². The van der Waals surface area contributed by atoms with Crippen LogP contribution >= 0.6 is 11.8 Å². The summed E-state index contributed by atoms with van der Waals surface area (Å²) in [6.45, 7) is 4.28. The van der Waals surface area contributed by atoms with Gasteiger partial charge in [-0.05, 0) is 17.4 Å². The van der Waals surface area contributed by atoms with Gasteiger partial charge in [-0.25, -0.2) is 0 Å². The summed E-state index contributed by atoms with van der Waals surface area (Å²) in [7, 11) is 0. The number of carbonyl (C=O) groups is 1. The summed E-state index contributed by atoms with van der Waals surface area (Å²) in [5, 5.41) is 3.46. The van der Waals surface area contributed by atoms with Crippen molar-refractivity contribution in [1.82, 2.24) is 0 Å². The number of anilines is 1. The Morgan fingerprint density at radius 3 is 2.60 bits per heavy atom. The number of nitrogens with one attached hydrogen (secondary N) is 1. The summed E-state index contributed by atoms with van der Waals surface area (Å²) in [5.74, 6) is 0.977. The first kappa shape index (κ1) is 12.1. The summed E-state index contributed by atoms with van der Waals surface area (Å²) in [6.07, 6.45) is 0.581. The van der Waals surface area contributed by atoms with Crippen molar-refractivity contribution in [3.63, 3.8) is 0 Å². The Morgan fingerprint density at radius 2 is 2.00 bits per heavy atom. The van der Waals surface area contributed by atoms with Gasteiger partial charge in [-0.2, -0.15) is 11.8 Å². The maximum Gasteiger partial charge on any atom is 0.225 e. The zero-order valence-electron chi connectivity index (χ0n) is 9.19. The molecule has 0 saturated heterocycles. The van der Waals surface area contributed by atoms with E-state index in [9.17, 15) is 4.79 Å². The monoisotopic (exact) mass is 223 g/mol. The third-order valence-electron chi connectivity index (χ3n) is 1.84. The van der Waals surface area contributed by atoms with Crippen LogP contribution in [0.4, 0.5) is 5.69 Å². The first-order valence-corrected chi connectivity index (χ1v) is 6.20. The molecule has 0 aromatic heterocycles. The predicted molar refractivity (Wildman–Crippen MR) is 67.3 cm³/mol. The van der Waals surface area contributed by atoms with Crippen LogP contribution in [0.15, 0.2) is 30.3 Å². The van der Waals surface area contributed by atoms with Crippen LogP contribution < -0.4 is 5.32 Å². The summed E-state index contributed by atoms with van der Waals surface area (Å²) >= 11 is 1.81. The minimum atomic E-state index is 0.0920. The van der Waals surface area contributed by atoms with Gasteiger partial charge in [0.2, 0.25) is 5.91 Å². The summed E-state index contributed by atoms with van der Waals surface area (Å²) in [4.78, 5) is 11.5. The topological polar surface area (TPSA) is 29.1 Å². The van der Waals surface area contributed by atoms with E-state index >= 15 is 0 Å². The van der Waals surface area contributed by atoms with E-state index in [1.807, 2.05) is 42.1 Å². The molecule has 0 saturated carbocycles.